The number of hydrogen-bond donors (Lipinski definition) is 2. The maximum absolute atomic E-state index is 12.7. The summed E-state index contributed by atoms with van der Waals surface area (Å²) in [5, 5.41) is 0. The van der Waals surface area contributed by atoms with Gasteiger partial charge in [0.25, 0.3) is 11.8 Å². The number of sulfonamides is 1. The second-order valence-corrected chi connectivity index (χ2v) is 9.20. The van der Waals surface area contributed by atoms with Gasteiger partial charge in [0.1, 0.15) is 0 Å². The SMILES string of the molecule is CCCOc1ccc(C(=O)NNC(=O)c2cccc(S(=O)(=O)N3CCCC3)c2)cc1OC. The molecule has 1 saturated heterocycles. The average molecular weight is 462 g/mol. The molecule has 2 N–H and O–H groups in total. The topological polar surface area (TPSA) is 114 Å². The quantitative estimate of drug-likeness (QED) is 0.584. The smallest absolute Gasteiger partial charge is 0.269 e. The summed E-state index contributed by atoms with van der Waals surface area (Å²) in [6.45, 7) is 3.44. The Morgan fingerprint density at radius 3 is 2.25 bits per heavy atom. The number of amides is 2. The van der Waals surface area contributed by atoms with Crippen LogP contribution in [0.5, 0.6) is 11.5 Å². The molecule has 0 aromatic heterocycles. The molecule has 1 fully saturated rings. The van der Waals surface area contributed by atoms with Gasteiger partial charge in [-0.2, -0.15) is 4.31 Å². The van der Waals surface area contributed by atoms with Crippen molar-refractivity contribution < 1.29 is 27.5 Å². The van der Waals surface area contributed by atoms with Crippen molar-refractivity contribution in [1.29, 1.82) is 0 Å². The van der Waals surface area contributed by atoms with E-state index in [2.05, 4.69) is 10.9 Å². The van der Waals surface area contributed by atoms with Crippen molar-refractivity contribution in [2.45, 2.75) is 31.1 Å². The third-order valence-electron chi connectivity index (χ3n) is 4.98. The zero-order chi connectivity index (χ0) is 23.1. The van der Waals surface area contributed by atoms with Crippen molar-refractivity contribution in [3.8, 4) is 11.5 Å². The Hall–Kier alpha value is -3.11. The summed E-state index contributed by atoms with van der Waals surface area (Å²) in [6, 6.07) is 10.4. The lowest BCUT2D eigenvalue weighted by Crippen LogP contribution is -2.41. The number of rotatable bonds is 8. The van der Waals surface area contributed by atoms with Crippen LogP contribution in [0.2, 0.25) is 0 Å². The Morgan fingerprint density at radius 1 is 0.969 bits per heavy atom. The maximum atomic E-state index is 12.7. The summed E-state index contributed by atoms with van der Waals surface area (Å²) in [5.41, 5.74) is 5.02. The summed E-state index contributed by atoms with van der Waals surface area (Å²) in [4.78, 5) is 25.0. The first-order chi connectivity index (χ1) is 15.4. The normalized spacial score (nSPS) is 14.1. The van der Waals surface area contributed by atoms with Gasteiger partial charge in [-0.05, 0) is 55.7 Å². The number of benzene rings is 2. The van der Waals surface area contributed by atoms with Crippen molar-refractivity contribution in [2.24, 2.45) is 0 Å². The number of ether oxygens (including phenoxy) is 2. The molecule has 32 heavy (non-hydrogen) atoms. The predicted molar refractivity (Wildman–Crippen MR) is 118 cm³/mol. The fourth-order valence-corrected chi connectivity index (χ4v) is 4.84. The standard InChI is InChI=1S/C22H27N3O6S/c1-3-13-31-19-10-9-17(15-20(19)30-2)22(27)24-23-21(26)16-7-6-8-18(14-16)32(28,29)25-11-4-5-12-25/h6-10,14-15H,3-5,11-13H2,1-2H3,(H,23,26)(H,24,27). The molecular formula is C22H27N3O6S. The van der Waals surface area contributed by atoms with Crippen molar-refractivity contribution in [3.05, 3.63) is 53.6 Å². The van der Waals surface area contributed by atoms with Crippen LogP contribution in [0.15, 0.2) is 47.4 Å². The fraction of sp³-hybridized carbons (Fsp3) is 0.364. The van der Waals surface area contributed by atoms with Gasteiger partial charge < -0.3 is 9.47 Å². The highest BCUT2D eigenvalue weighted by atomic mass is 32.2. The van der Waals surface area contributed by atoms with E-state index in [-0.39, 0.29) is 16.0 Å². The van der Waals surface area contributed by atoms with Crippen molar-refractivity contribution in [2.75, 3.05) is 26.8 Å². The second-order valence-electron chi connectivity index (χ2n) is 7.26. The van der Waals surface area contributed by atoms with E-state index in [0.29, 0.717) is 31.2 Å². The molecule has 2 amide bonds. The lowest BCUT2D eigenvalue weighted by Gasteiger charge is -2.16. The number of nitrogens with one attached hydrogen (secondary N) is 2. The molecule has 0 aliphatic carbocycles. The molecule has 2 aromatic carbocycles. The van der Waals surface area contributed by atoms with Gasteiger partial charge in [0.05, 0.1) is 18.6 Å². The molecular weight excluding hydrogens is 434 g/mol. The molecule has 3 rings (SSSR count). The van der Waals surface area contributed by atoms with Crippen molar-refractivity contribution >= 4 is 21.8 Å². The van der Waals surface area contributed by atoms with E-state index in [4.69, 9.17) is 9.47 Å². The van der Waals surface area contributed by atoms with Crippen LogP contribution in [0.1, 0.15) is 46.9 Å². The van der Waals surface area contributed by atoms with Gasteiger partial charge >= 0.3 is 0 Å². The second kappa shape index (κ2) is 10.5. The van der Waals surface area contributed by atoms with Crippen LogP contribution in [0.25, 0.3) is 0 Å². The van der Waals surface area contributed by atoms with Gasteiger partial charge in [0.15, 0.2) is 11.5 Å². The van der Waals surface area contributed by atoms with E-state index < -0.39 is 21.8 Å². The van der Waals surface area contributed by atoms with Crippen molar-refractivity contribution in [1.82, 2.24) is 15.2 Å². The molecule has 10 heteroatoms. The molecule has 1 heterocycles. The molecule has 172 valence electrons. The molecule has 2 aromatic rings. The van der Waals surface area contributed by atoms with Crippen LogP contribution < -0.4 is 20.3 Å². The summed E-state index contributed by atoms with van der Waals surface area (Å²) in [5.74, 6) is -0.269. The lowest BCUT2D eigenvalue weighted by molar-refractivity contribution is 0.0846. The Bertz CT molecular complexity index is 1080. The fourth-order valence-electron chi connectivity index (χ4n) is 3.27. The monoisotopic (exact) mass is 461 g/mol. The molecule has 1 aliphatic rings. The van der Waals surface area contributed by atoms with Gasteiger partial charge in [0.2, 0.25) is 10.0 Å². The highest BCUT2D eigenvalue weighted by molar-refractivity contribution is 7.89. The number of carbonyl (C=O) groups is 2. The van der Waals surface area contributed by atoms with E-state index >= 15 is 0 Å². The summed E-state index contributed by atoms with van der Waals surface area (Å²) >= 11 is 0. The van der Waals surface area contributed by atoms with Crippen LogP contribution in [0.3, 0.4) is 0 Å². The van der Waals surface area contributed by atoms with Crippen LogP contribution >= 0.6 is 0 Å². The lowest BCUT2D eigenvalue weighted by atomic mass is 10.2. The molecule has 0 unspecified atom stereocenters. The maximum Gasteiger partial charge on any atom is 0.269 e. The Balaban J connectivity index is 1.66. The molecule has 1 aliphatic heterocycles. The average Bonchev–Trinajstić information content (AvgIpc) is 3.37. The first-order valence-corrected chi connectivity index (χ1v) is 11.8. The van der Waals surface area contributed by atoms with E-state index in [0.717, 1.165) is 19.3 Å². The molecule has 0 spiro atoms. The summed E-state index contributed by atoms with van der Waals surface area (Å²) in [6.07, 6.45) is 2.47. The van der Waals surface area contributed by atoms with Crippen LogP contribution in [-0.2, 0) is 10.0 Å². The van der Waals surface area contributed by atoms with Crippen LogP contribution in [0.4, 0.5) is 0 Å². The zero-order valence-corrected chi connectivity index (χ0v) is 18.9. The van der Waals surface area contributed by atoms with E-state index in [9.17, 15) is 18.0 Å². The first kappa shape index (κ1) is 23.6. The first-order valence-electron chi connectivity index (χ1n) is 10.4. The Labute approximate surface area is 187 Å². The number of methoxy groups -OCH3 is 1. The number of hydrazine groups is 1. The minimum atomic E-state index is -3.65. The van der Waals surface area contributed by atoms with E-state index in [1.165, 1.54) is 41.7 Å². The molecule has 9 nitrogen and oxygen atoms in total. The molecule has 0 bridgehead atoms. The van der Waals surface area contributed by atoms with Gasteiger partial charge in [-0.1, -0.05) is 13.0 Å². The largest absolute Gasteiger partial charge is 0.493 e. The van der Waals surface area contributed by atoms with Crippen LogP contribution in [0, 0.1) is 0 Å². The van der Waals surface area contributed by atoms with Gasteiger partial charge in [0, 0.05) is 24.2 Å². The summed E-state index contributed by atoms with van der Waals surface area (Å²) in [7, 11) is -2.17. The Kier molecular flexibility index (Phi) is 7.70. The third kappa shape index (κ3) is 5.38. The summed E-state index contributed by atoms with van der Waals surface area (Å²) < 4.78 is 37.7. The number of carbonyl (C=O) groups excluding carboxylic acids is 2. The van der Waals surface area contributed by atoms with Gasteiger partial charge in [-0.25, -0.2) is 8.42 Å². The van der Waals surface area contributed by atoms with Crippen LogP contribution in [-0.4, -0.2) is 51.3 Å². The zero-order valence-electron chi connectivity index (χ0n) is 18.1. The highest BCUT2D eigenvalue weighted by Crippen LogP contribution is 2.28. The molecule has 0 saturated carbocycles. The predicted octanol–water partition coefficient (Wildman–Crippen LogP) is 2.34. The third-order valence-corrected chi connectivity index (χ3v) is 6.87. The number of nitrogens with zero attached hydrogens (tertiary/aromatic N) is 1. The Morgan fingerprint density at radius 2 is 1.62 bits per heavy atom. The molecule has 0 atom stereocenters. The van der Waals surface area contributed by atoms with E-state index in [1.54, 1.807) is 12.1 Å². The van der Waals surface area contributed by atoms with Gasteiger partial charge in [-0.15, -0.1) is 0 Å². The number of hydrogen-bond acceptors (Lipinski definition) is 6. The van der Waals surface area contributed by atoms with Crippen molar-refractivity contribution in [3.63, 3.8) is 0 Å². The van der Waals surface area contributed by atoms with E-state index in [1.807, 2.05) is 6.92 Å². The highest BCUT2D eigenvalue weighted by Gasteiger charge is 2.27. The van der Waals surface area contributed by atoms with Gasteiger partial charge in [-0.3, -0.25) is 20.4 Å². The molecule has 0 radical (unpaired) electrons. The minimum absolute atomic E-state index is 0.0470. The minimum Gasteiger partial charge on any atom is -0.493 e.